The Morgan fingerprint density at radius 2 is 1.65 bits per heavy atom. The standard InChI is InChI=1S/C23H20Cl3N5O3/c1-31(2)21(27)12-4-6-15(17(26)8-12)22(32)30-20-16(9-14(25)10-18(20)34-3)23(33)29-19-7-5-13(24)11-28-19/h4-11,27H,1-3H3,(H,30,32)(H,28,29,33). The summed E-state index contributed by atoms with van der Waals surface area (Å²) in [7, 11) is 4.85. The Morgan fingerprint density at radius 1 is 0.941 bits per heavy atom. The number of carbonyl (C=O) groups excluding carboxylic acids is 2. The van der Waals surface area contributed by atoms with Gasteiger partial charge in [-0.25, -0.2) is 4.98 Å². The molecule has 0 saturated heterocycles. The maximum atomic E-state index is 13.1. The third-order valence-corrected chi connectivity index (χ3v) is 5.43. The van der Waals surface area contributed by atoms with Crippen LogP contribution in [0.1, 0.15) is 26.3 Å². The Kier molecular flexibility index (Phi) is 7.98. The van der Waals surface area contributed by atoms with E-state index in [-0.39, 0.29) is 44.3 Å². The summed E-state index contributed by atoms with van der Waals surface area (Å²) >= 11 is 18.3. The summed E-state index contributed by atoms with van der Waals surface area (Å²) in [4.78, 5) is 31.7. The van der Waals surface area contributed by atoms with Gasteiger partial charge < -0.3 is 20.3 Å². The van der Waals surface area contributed by atoms with Crippen LogP contribution < -0.4 is 15.4 Å². The van der Waals surface area contributed by atoms with Gasteiger partial charge in [-0.2, -0.15) is 0 Å². The number of carbonyl (C=O) groups is 2. The molecule has 1 aromatic heterocycles. The fourth-order valence-electron chi connectivity index (χ4n) is 2.97. The minimum absolute atomic E-state index is 0.0524. The average molecular weight is 521 g/mol. The quantitative estimate of drug-likeness (QED) is 0.296. The number of amidine groups is 1. The molecule has 0 aliphatic rings. The predicted octanol–water partition coefficient (Wildman–Crippen LogP) is 5.44. The zero-order chi connectivity index (χ0) is 25.0. The van der Waals surface area contributed by atoms with Crippen LogP contribution in [0.3, 0.4) is 0 Å². The van der Waals surface area contributed by atoms with E-state index in [1.54, 1.807) is 31.1 Å². The van der Waals surface area contributed by atoms with E-state index in [0.29, 0.717) is 10.6 Å². The topological polar surface area (TPSA) is 107 Å². The number of halogens is 3. The molecule has 0 unspecified atom stereocenters. The second-order valence-electron chi connectivity index (χ2n) is 7.24. The van der Waals surface area contributed by atoms with Crippen molar-refractivity contribution in [3.05, 3.63) is 80.4 Å². The van der Waals surface area contributed by atoms with E-state index in [1.165, 1.54) is 43.6 Å². The Morgan fingerprint density at radius 3 is 2.24 bits per heavy atom. The number of nitrogens with one attached hydrogen (secondary N) is 3. The first-order valence-electron chi connectivity index (χ1n) is 9.78. The Bertz CT molecular complexity index is 1260. The van der Waals surface area contributed by atoms with E-state index in [0.717, 1.165) is 0 Å². The molecular formula is C23H20Cl3N5O3. The second kappa shape index (κ2) is 10.7. The van der Waals surface area contributed by atoms with Crippen molar-refractivity contribution >= 4 is 64.0 Å². The SMILES string of the molecule is COc1cc(Cl)cc(C(=O)Nc2ccc(Cl)cn2)c1NC(=O)c1ccc(C(=N)N(C)C)cc1Cl. The van der Waals surface area contributed by atoms with Crippen LogP contribution in [0.2, 0.25) is 15.1 Å². The molecule has 3 aromatic rings. The van der Waals surface area contributed by atoms with Crippen LogP contribution in [0.4, 0.5) is 11.5 Å². The maximum absolute atomic E-state index is 13.1. The summed E-state index contributed by atoms with van der Waals surface area (Å²) in [5.41, 5.74) is 0.854. The van der Waals surface area contributed by atoms with Crippen molar-refractivity contribution in [1.82, 2.24) is 9.88 Å². The first kappa shape index (κ1) is 25.3. The van der Waals surface area contributed by atoms with Crippen LogP contribution in [0, 0.1) is 5.41 Å². The number of benzene rings is 2. The van der Waals surface area contributed by atoms with Crippen LogP contribution in [0.25, 0.3) is 0 Å². The number of aromatic nitrogens is 1. The van der Waals surface area contributed by atoms with Gasteiger partial charge in [0, 0.05) is 36.9 Å². The van der Waals surface area contributed by atoms with Gasteiger partial charge >= 0.3 is 0 Å². The molecule has 0 saturated carbocycles. The molecule has 0 radical (unpaired) electrons. The van der Waals surface area contributed by atoms with Gasteiger partial charge in [0.15, 0.2) is 0 Å². The molecule has 0 fully saturated rings. The van der Waals surface area contributed by atoms with Gasteiger partial charge in [-0.05, 0) is 30.3 Å². The van der Waals surface area contributed by atoms with Gasteiger partial charge in [-0.3, -0.25) is 15.0 Å². The smallest absolute Gasteiger partial charge is 0.259 e. The van der Waals surface area contributed by atoms with Gasteiger partial charge in [0.1, 0.15) is 17.4 Å². The lowest BCUT2D eigenvalue weighted by atomic mass is 10.1. The monoisotopic (exact) mass is 519 g/mol. The van der Waals surface area contributed by atoms with E-state index in [9.17, 15) is 9.59 Å². The fraction of sp³-hybridized carbons (Fsp3) is 0.130. The predicted molar refractivity (Wildman–Crippen MR) is 135 cm³/mol. The number of amides is 2. The lowest BCUT2D eigenvalue weighted by molar-refractivity contribution is 0.102. The molecule has 0 bridgehead atoms. The molecule has 11 heteroatoms. The fourth-order valence-corrected chi connectivity index (χ4v) is 3.56. The molecule has 2 aromatic carbocycles. The van der Waals surface area contributed by atoms with Crippen molar-refractivity contribution in [3.8, 4) is 5.75 Å². The lowest BCUT2D eigenvalue weighted by Crippen LogP contribution is -2.22. The molecule has 3 N–H and O–H groups in total. The van der Waals surface area contributed by atoms with E-state index < -0.39 is 11.8 Å². The summed E-state index contributed by atoms with van der Waals surface area (Å²) < 4.78 is 5.35. The van der Waals surface area contributed by atoms with E-state index in [4.69, 9.17) is 44.9 Å². The molecule has 3 rings (SSSR count). The van der Waals surface area contributed by atoms with Gasteiger partial charge in [0.25, 0.3) is 11.8 Å². The summed E-state index contributed by atoms with van der Waals surface area (Å²) in [6.07, 6.45) is 1.39. The number of nitrogens with zero attached hydrogens (tertiary/aromatic N) is 2. The van der Waals surface area contributed by atoms with Crippen molar-refractivity contribution in [2.45, 2.75) is 0 Å². The molecule has 0 atom stereocenters. The van der Waals surface area contributed by atoms with Gasteiger partial charge in [0.05, 0.1) is 34.0 Å². The molecular weight excluding hydrogens is 501 g/mol. The summed E-state index contributed by atoms with van der Waals surface area (Å²) in [5.74, 6) is -0.480. The average Bonchev–Trinajstić information content (AvgIpc) is 2.80. The zero-order valence-corrected chi connectivity index (χ0v) is 20.6. The Balaban J connectivity index is 1.94. The number of hydrogen-bond acceptors (Lipinski definition) is 5. The summed E-state index contributed by atoms with van der Waals surface area (Å²) in [6, 6.07) is 10.6. The Hall–Kier alpha value is -3.33. The first-order chi connectivity index (χ1) is 16.1. The molecule has 0 aliphatic carbocycles. The van der Waals surface area contributed by atoms with Crippen molar-refractivity contribution in [2.24, 2.45) is 0 Å². The van der Waals surface area contributed by atoms with Gasteiger partial charge in [-0.1, -0.05) is 40.9 Å². The van der Waals surface area contributed by atoms with Crippen LogP contribution in [-0.4, -0.2) is 48.7 Å². The number of pyridine rings is 1. The molecule has 176 valence electrons. The molecule has 1 heterocycles. The van der Waals surface area contributed by atoms with Crippen LogP contribution in [0.15, 0.2) is 48.7 Å². The largest absolute Gasteiger partial charge is 0.494 e. The van der Waals surface area contributed by atoms with Crippen molar-refractivity contribution in [3.63, 3.8) is 0 Å². The van der Waals surface area contributed by atoms with Crippen molar-refractivity contribution in [1.29, 1.82) is 5.41 Å². The number of hydrogen-bond donors (Lipinski definition) is 3. The maximum Gasteiger partial charge on any atom is 0.259 e. The summed E-state index contributed by atoms with van der Waals surface area (Å²) in [6.45, 7) is 0. The Labute approximate surface area is 211 Å². The highest BCUT2D eigenvalue weighted by Gasteiger charge is 2.22. The molecule has 34 heavy (non-hydrogen) atoms. The van der Waals surface area contributed by atoms with Gasteiger partial charge in [-0.15, -0.1) is 0 Å². The molecule has 0 spiro atoms. The number of methoxy groups -OCH3 is 1. The third kappa shape index (κ3) is 5.77. The highest BCUT2D eigenvalue weighted by molar-refractivity contribution is 6.35. The highest BCUT2D eigenvalue weighted by Crippen LogP contribution is 2.34. The van der Waals surface area contributed by atoms with Crippen LogP contribution >= 0.6 is 34.8 Å². The molecule has 0 aliphatic heterocycles. The third-order valence-electron chi connectivity index (χ3n) is 4.67. The zero-order valence-electron chi connectivity index (χ0n) is 18.4. The minimum Gasteiger partial charge on any atom is -0.494 e. The normalized spacial score (nSPS) is 10.4. The molecule has 8 nitrogen and oxygen atoms in total. The lowest BCUT2D eigenvalue weighted by Gasteiger charge is -2.17. The van der Waals surface area contributed by atoms with Crippen molar-refractivity contribution in [2.75, 3.05) is 31.8 Å². The van der Waals surface area contributed by atoms with Crippen LogP contribution in [0.5, 0.6) is 5.75 Å². The van der Waals surface area contributed by atoms with E-state index in [1.807, 2.05) is 0 Å². The first-order valence-corrected chi connectivity index (χ1v) is 10.9. The number of rotatable bonds is 6. The minimum atomic E-state index is -0.577. The van der Waals surface area contributed by atoms with E-state index in [2.05, 4.69) is 15.6 Å². The number of anilines is 2. The summed E-state index contributed by atoms with van der Waals surface area (Å²) in [5, 5.41) is 14.2. The van der Waals surface area contributed by atoms with Crippen molar-refractivity contribution < 1.29 is 14.3 Å². The van der Waals surface area contributed by atoms with Crippen LogP contribution in [-0.2, 0) is 0 Å². The number of ether oxygens (including phenoxy) is 1. The highest BCUT2D eigenvalue weighted by atomic mass is 35.5. The van der Waals surface area contributed by atoms with E-state index >= 15 is 0 Å². The van der Waals surface area contributed by atoms with Gasteiger partial charge in [0.2, 0.25) is 0 Å². The second-order valence-corrected chi connectivity index (χ2v) is 8.52. The molecule has 2 amide bonds.